The number of rotatable bonds is 1. The average Bonchev–Trinajstić information content (AvgIpc) is 2.89. The van der Waals surface area contributed by atoms with Gasteiger partial charge in [-0.3, -0.25) is 4.79 Å². The van der Waals surface area contributed by atoms with Gasteiger partial charge in [-0.05, 0) is 44.1 Å². The Morgan fingerprint density at radius 2 is 2.00 bits per heavy atom. The Morgan fingerprint density at radius 3 is 2.68 bits per heavy atom. The first-order chi connectivity index (χ1) is 11.5. The zero-order valence-electron chi connectivity index (χ0n) is 15.8. The third-order valence-corrected chi connectivity index (χ3v) is 6.43. The van der Waals surface area contributed by atoms with Crippen molar-refractivity contribution in [1.29, 1.82) is 0 Å². The number of likely N-dealkylation sites (N-methyl/N-ethyl adjacent to an activating group) is 1. The van der Waals surface area contributed by atoms with Crippen LogP contribution < -0.4 is 4.74 Å². The van der Waals surface area contributed by atoms with Crippen LogP contribution in [0.1, 0.15) is 24.5 Å². The highest BCUT2D eigenvalue weighted by atomic mass is 35.5. The van der Waals surface area contributed by atoms with Gasteiger partial charge in [0, 0.05) is 29.9 Å². The lowest BCUT2D eigenvalue weighted by molar-refractivity contribution is -0.152. The molecule has 2 aliphatic carbocycles. The average molecular weight is 418 g/mol. The van der Waals surface area contributed by atoms with Crippen molar-refractivity contribution in [3.8, 4) is 11.5 Å². The Bertz CT molecular complexity index is 786. The molecule has 0 amide bonds. The Kier molecular flexibility index (Phi) is 6.81. The molecule has 0 saturated carbocycles. The summed E-state index contributed by atoms with van der Waals surface area (Å²) >= 11 is 0. The largest absolute Gasteiger partial charge is 0.504 e. The van der Waals surface area contributed by atoms with Gasteiger partial charge in [-0.25, -0.2) is 0 Å². The normalized spacial score (nSPS) is 32.9. The lowest BCUT2D eigenvalue weighted by Crippen LogP contribution is -2.65. The van der Waals surface area contributed by atoms with Crippen molar-refractivity contribution in [3.05, 3.63) is 35.4 Å². The summed E-state index contributed by atoms with van der Waals surface area (Å²) in [6.45, 7) is 2.41. The molecule has 2 heterocycles. The summed E-state index contributed by atoms with van der Waals surface area (Å²) in [4.78, 5) is 14.0. The fourth-order valence-electron chi connectivity index (χ4n) is 5.51. The second-order valence-corrected chi connectivity index (χ2v) is 7.51. The fourth-order valence-corrected chi connectivity index (χ4v) is 5.51. The molecule has 8 nitrogen and oxygen atoms in total. The summed E-state index contributed by atoms with van der Waals surface area (Å²) in [6, 6.07) is 4.18. The van der Waals surface area contributed by atoms with E-state index >= 15 is 0 Å². The van der Waals surface area contributed by atoms with E-state index in [-0.39, 0.29) is 52.1 Å². The minimum atomic E-state index is -0.402. The van der Waals surface area contributed by atoms with Crippen molar-refractivity contribution in [1.82, 2.24) is 4.90 Å². The number of esters is 1. The van der Waals surface area contributed by atoms with E-state index in [1.165, 1.54) is 12.5 Å². The molecular weight excluding hydrogens is 390 g/mol. The summed E-state index contributed by atoms with van der Waals surface area (Å²) in [7, 11) is 2.18. The van der Waals surface area contributed by atoms with Crippen molar-refractivity contribution < 1.29 is 35.8 Å². The third-order valence-electron chi connectivity index (χ3n) is 6.43. The lowest BCUT2D eigenvalue weighted by Gasteiger charge is -2.56. The van der Waals surface area contributed by atoms with E-state index in [0.29, 0.717) is 17.7 Å². The molecule has 1 saturated heterocycles. The highest BCUT2D eigenvalue weighted by molar-refractivity contribution is 5.85. The van der Waals surface area contributed by atoms with Crippen LogP contribution in [0.5, 0.6) is 11.5 Å². The Morgan fingerprint density at radius 1 is 1.29 bits per heavy atom. The van der Waals surface area contributed by atoms with E-state index in [4.69, 9.17) is 9.47 Å². The molecule has 1 fully saturated rings. The molecule has 0 radical (unpaired) electrons. The van der Waals surface area contributed by atoms with Crippen LogP contribution in [0.25, 0.3) is 0 Å². The van der Waals surface area contributed by atoms with Crippen molar-refractivity contribution in [2.24, 2.45) is 5.92 Å². The number of phenols is 1. The summed E-state index contributed by atoms with van der Waals surface area (Å²) < 4.78 is 11.8. The van der Waals surface area contributed by atoms with Crippen molar-refractivity contribution in [2.75, 3.05) is 13.6 Å². The van der Waals surface area contributed by atoms with Crippen LogP contribution in [0.2, 0.25) is 0 Å². The van der Waals surface area contributed by atoms with E-state index in [1.54, 1.807) is 6.07 Å². The SMILES string of the molecule is CC(=O)O[C@H]1C=C[C@H]2[C@H]3Cc4ccc(O)c5c4[C@@]2(CCN3C)[C@H]1O5.Cl.O.O.O. The Hall–Kier alpha value is -1.84. The van der Waals surface area contributed by atoms with Crippen LogP contribution in [0.4, 0.5) is 0 Å². The first-order valence-electron chi connectivity index (χ1n) is 8.60. The van der Waals surface area contributed by atoms with Gasteiger partial charge in [0.05, 0.1) is 0 Å². The number of aromatic hydroxyl groups is 1. The molecule has 28 heavy (non-hydrogen) atoms. The van der Waals surface area contributed by atoms with Gasteiger partial charge in [0.1, 0.15) is 6.10 Å². The molecule has 2 bridgehead atoms. The summed E-state index contributed by atoms with van der Waals surface area (Å²) in [5.74, 6) is 0.814. The predicted octanol–water partition coefficient (Wildman–Crippen LogP) is -0.283. The number of phenolic OH excluding ortho intramolecular Hbond substituents is 1. The van der Waals surface area contributed by atoms with Crippen LogP contribution >= 0.6 is 12.4 Å². The highest BCUT2D eigenvalue weighted by Crippen LogP contribution is 2.62. The van der Waals surface area contributed by atoms with Crippen LogP contribution in [0.3, 0.4) is 0 Å². The molecule has 1 aromatic rings. The Balaban J connectivity index is 0.000000980. The van der Waals surface area contributed by atoms with E-state index in [9.17, 15) is 9.90 Å². The van der Waals surface area contributed by atoms with Crippen LogP contribution in [0, 0.1) is 5.92 Å². The van der Waals surface area contributed by atoms with E-state index in [1.807, 2.05) is 12.1 Å². The summed E-state index contributed by atoms with van der Waals surface area (Å²) in [5.41, 5.74) is 2.21. The zero-order valence-corrected chi connectivity index (χ0v) is 16.6. The summed E-state index contributed by atoms with van der Waals surface area (Å²) in [6.07, 6.45) is 5.45. The first-order valence-corrected chi connectivity index (χ1v) is 8.60. The molecule has 1 spiro atoms. The lowest BCUT2D eigenvalue weighted by atomic mass is 9.53. The van der Waals surface area contributed by atoms with Gasteiger partial charge in [0.15, 0.2) is 17.6 Å². The second kappa shape index (κ2) is 7.88. The van der Waals surface area contributed by atoms with Crippen molar-refractivity contribution in [3.63, 3.8) is 0 Å². The minimum absolute atomic E-state index is 0. The van der Waals surface area contributed by atoms with Gasteiger partial charge >= 0.3 is 5.97 Å². The van der Waals surface area contributed by atoms with Gasteiger partial charge in [-0.2, -0.15) is 0 Å². The summed E-state index contributed by atoms with van der Waals surface area (Å²) in [5, 5.41) is 10.4. The van der Waals surface area contributed by atoms with Gasteiger partial charge < -0.3 is 35.9 Å². The molecule has 0 unspecified atom stereocenters. The number of benzene rings is 1. The maximum atomic E-state index is 11.6. The molecule has 7 N–H and O–H groups in total. The smallest absolute Gasteiger partial charge is 0.303 e. The second-order valence-electron chi connectivity index (χ2n) is 7.51. The number of piperidine rings is 1. The maximum Gasteiger partial charge on any atom is 0.303 e. The van der Waals surface area contributed by atoms with Crippen LogP contribution in [-0.4, -0.2) is 64.2 Å². The van der Waals surface area contributed by atoms with E-state index in [0.717, 1.165) is 24.9 Å². The van der Waals surface area contributed by atoms with Gasteiger partial charge in [0.25, 0.3) is 0 Å². The van der Waals surface area contributed by atoms with Crippen LogP contribution in [-0.2, 0) is 21.4 Å². The Labute approximate surface area is 169 Å². The number of nitrogens with zero attached hydrogens (tertiary/aromatic N) is 1. The van der Waals surface area contributed by atoms with E-state index in [2.05, 4.69) is 18.0 Å². The quantitative estimate of drug-likeness (QED) is 0.491. The standard InChI is InChI=1S/C19H21NO4.ClH.3H2O/c1-10(21)23-15-6-4-12-13-9-11-3-5-14(22)17-16(11)19(12,18(15)24-17)7-8-20(13)2;;;;/h3-6,12-13,15,18,22H,7-9H2,1-2H3;1H;3*1H2/t12-,13+,15-,18-,19-;;;;/m0..../s1. The number of ether oxygens (including phenoxy) is 2. The minimum Gasteiger partial charge on any atom is -0.504 e. The molecule has 9 heteroatoms. The molecular formula is C19H28ClNO7. The molecule has 2 aliphatic heterocycles. The number of hydrogen-bond acceptors (Lipinski definition) is 5. The van der Waals surface area contributed by atoms with Gasteiger partial charge in [0.2, 0.25) is 0 Å². The van der Waals surface area contributed by atoms with Crippen molar-refractivity contribution in [2.45, 2.75) is 43.4 Å². The third kappa shape index (κ3) is 2.79. The number of carbonyl (C=O) groups excluding carboxylic acids is 1. The maximum absolute atomic E-state index is 11.6. The van der Waals surface area contributed by atoms with Gasteiger partial charge in [-0.1, -0.05) is 12.1 Å². The number of hydrogen-bond donors (Lipinski definition) is 1. The molecule has 1 aromatic carbocycles. The number of halogens is 1. The van der Waals surface area contributed by atoms with Crippen LogP contribution in [0.15, 0.2) is 24.3 Å². The molecule has 158 valence electrons. The molecule has 4 aliphatic rings. The predicted molar refractivity (Wildman–Crippen MR) is 105 cm³/mol. The van der Waals surface area contributed by atoms with Gasteiger partial charge in [-0.15, -0.1) is 12.4 Å². The highest BCUT2D eigenvalue weighted by Gasteiger charge is 2.64. The number of likely N-dealkylation sites (tertiary alicyclic amines) is 1. The zero-order chi connectivity index (χ0) is 16.6. The topological polar surface area (TPSA) is 154 Å². The first kappa shape index (κ1) is 24.2. The van der Waals surface area contributed by atoms with Crippen molar-refractivity contribution >= 4 is 18.4 Å². The molecule has 5 atom stereocenters. The molecule has 5 rings (SSSR count). The van der Waals surface area contributed by atoms with E-state index < -0.39 is 6.10 Å². The molecule has 0 aromatic heterocycles. The fraction of sp³-hybridized carbons (Fsp3) is 0.526. The number of carbonyl (C=O) groups is 1. The monoisotopic (exact) mass is 417 g/mol.